The van der Waals surface area contributed by atoms with E-state index in [2.05, 4.69) is 35.3 Å². The van der Waals surface area contributed by atoms with Crippen LogP contribution in [0.3, 0.4) is 0 Å². The van der Waals surface area contributed by atoms with Crippen LogP contribution >= 0.6 is 0 Å². The lowest BCUT2D eigenvalue weighted by Crippen LogP contribution is -3.11. The summed E-state index contributed by atoms with van der Waals surface area (Å²) in [5, 5.41) is 2.98. The Bertz CT molecular complexity index is 808. The molecule has 150 valence electrons. The van der Waals surface area contributed by atoms with Crippen LogP contribution in [-0.4, -0.2) is 47.5 Å². The lowest BCUT2D eigenvalue weighted by molar-refractivity contribution is -0.910. The molecule has 1 aliphatic rings. The summed E-state index contributed by atoms with van der Waals surface area (Å²) in [6, 6.07) is 11.8. The summed E-state index contributed by atoms with van der Waals surface area (Å²) in [5.74, 6) is 0.0359. The number of likely N-dealkylation sites (tertiary alicyclic amines) is 1. The molecule has 0 spiro atoms. The number of aryl methyl sites for hydroxylation is 1. The van der Waals surface area contributed by atoms with Gasteiger partial charge in [-0.3, -0.25) is 9.59 Å². The quantitative estimate of drug-likeness (QED) is 0.767. The van der Waals surface area contributed by atoms with Crippen LogP contribution in [0.15, 0.2) is 42.6 Å². The largest absolute Gasteiger partial charge is 0.350 e. The minimum atomic E-state index is 0.0129. The van der Waals surface area contributed by atoms with Crippen molar-refractivity contribution in [3.63, 3.8) is 0 Å². The van der Waals surface area contributed by atoms with E-state index in [0.29, 0.717) is 31.2 Å². The molecule has 0 aliphatic carbocycles. The van der Waals surface area contributed by atoms with E-state index < -0.39 is 0 Å². The molecule has 2 heterocycles. The van der Waals surface area contributed by atoms with E-state index in [1.807, 2.05) is 26.0 Å². The number of anilines is 1. The molecule has 2 aromatic rings. The maximum atomic E-state index is 12.6. The molecule has 2 N–H and O–H groups in total. The van der Waals surface area contributed by atoms with Crippen molar-refractivity contribution in [2.75, 3.05) is 31.5 Å². The number of aromatic nitrogens is 1. The average Bonchev–Trinajstić information content (AvgIpc) is 3.31. The normalized spacial score (nSPS) is 18.8. The Balaban J connectivity index is 1.59. The van der Waals surface area contributed by atoms with Crippen molar-refractivity contribution in [2.24, 2.45) is 7.05 Å². The molecule has 6 nitrogen and oxygen atoms in total. The number of nitrogens with one attached hydrogen (secondary N) is 2. The first kappa shape index (κ1) is 20.1. The van der Waals surface area contributed by atoms with E-state index in [1.165, 1.54) is 10.6 Å². The molecule has 1 aromatic heterocycles. The molecular formula is C22H31N4O2+. The average molecular weight is 384 g/mol. The van der Waals surface area contributed by atoms with Crippen molar-refractivity contribution in [2.45, 2.75) is 32.7 Å². The summed E-state index contributed by atoms with van der Waals surface area (Å²) in [4.78, 5) is 28.1. The van der Waals surface area contributed by atoms with Gasteiger partial charge in [-0.25, -0.2) is 0 Å². The second-order valence-electron chi connectivity index (χ2n) is 7.43. The first-order valence-electron chi connectivity index (χ1n) is 10.2. The van der Waals surface area contributed by atoms with Gasteiger partial charge >= 0.3 is 0 Å². The van der Waals surface area contributed by atoms with Gasteiger partial charge in [0.05, 0.1) is 12.2 Å². The Hall–Kier alpha value is -2.60. The van der Waals surface area contributed by atoms with Gasteiger partial charge in [-0.2, -0.15) is 0 Å². The number of carbonyl (C=O) groups excluding carboxylic acids is 2. The number of nitrogens with zero attached hydrogens (tertiary/aromatic N) is 2. The van der Waals surface area contributed by atoms with E-state index in [9.17, 15) is 9.59 Å². The maximum Gasteiger partial charge on any atom is 0.279 e. The number of amides is 2. The molecule has 1 aromatic carbocycles. The summed E-state index contributed by atoms with van der Waals surface area (Å²) in [6.07, 6.45) is 4.32. The Morgan fingerprint density at radius 1 is 1.18 bits per heavy atom. The van der Waals surface area contributed by atoms with Gasteiger partial charge in [0.15, 0.2) is 6.54 Å². The number of carbonyl (C=O) groups is 2. The van der Waals surface area contributed by atoms with E-state index >= 15 is 0 Å². The molecule has 3 rings (SSSR count). The zero-order chi connectivity index (χ0) is 20.1. The van der Waals surface area contributed by atoms with Gasteiger partial charge in [0.2, 0.25) is 0 Å². The van der Waals surface area contributed by atoms with Crippen molar-refractivity contribution in [3.8, 4) is 0 Å². The highest BCUT2D eigenvalue weighted by Crippen LogP contribution is 2.19. The highest BCUT2D eigenvalue weighted by molar-refractivity contribution is 5.96. The molecular weight excluding hydrogens is 352 g/mol. The van der Waals surface area contributed by atoms with Crippen LogP contribution in [0.1, 0.15) is 48.8 Å². The number of benzene rings is 1. The molecule has 1 unspecified atom stereocenters. The van der Waals surface area contributed by atoms with Crippen molar-refractivity contribution < 1.29 is 14.5 Å². The van der Waals surface area contributed by atoms with Crippen molar-refractivity contribution in [1.29, 1.82) is 0 Å². The van der Waals surface area contributed by atoms with Gasteiger partial charge < -0.3 is 19.7 Å². The lowest BCUT2D eigenvalue weighted by Gasteiger charge is -2.22. The minimum Gasteiger partial charge on any atom is -0.350 e. The third-order valence-corrected chi connectivity index (χ3v) is 5.68. The molecule has 0 radical (unpaired) electrons. The number of quaternary nitrogens is 1. The summed E-state index contributed by atoms with van der Waals surface area (Å²) in [7, 11) is 2.06. The second kappa shape index (κ2) is 9.06. The van der Waals surface area contributed by atoms with Crippen LogP contribution in [-0.2, 0) is 11.8 Å². The topological polar surface area (TPSA) is 58.8 Å². The lowest BCUT2D eigenvalue weighted by atomic mass is 10.1. The van der Waals surface area contributed by atoms with Crippen LogP contribution in [0.25, 0.3) is 0 Å². The van der Waals surface area contributed by atoms with Crippen LogP contribution in [0.5, 0.6) is 0 Å². The van der Waals surface area contributed by atoms with Crippen LogP contribution in [0.4, 0.5) is 5.69 Å². The van der Waals surface area contributed by atoms with Crippen molar-refractivity contribution in [3.05, 3.63) is 53.9 Å². The molecule has 1 aliphatic heterocycles. The Morgan fingerprint density at radius 3 is 2.50 bits per heavy atom. The van der Waals surface area contributed by atoms with E-state index in [4.69, 9.17) is 0 Å². The van der Waals surface area contributed by atoms with E-state index in [1.54, 1.807) is 17.0 Å². The van der Waals surface area contributed by atoms with Crippen LogP contribution in [0, 0.1) is 0 Å². The zero-order valence-corrected chi connectivity index (χ0v) is 17.1. The smallest absolute Gasteiger partial charge is 0.279 e. The molecule has 2 amide bonds. The summed E-state index contributed by atoms with van der Waals surface area (Å²) >= 11 is 0. The third kappa shape index (κ3) is 4.44. The molecule has 28 heavy (non-hydrogen) atoms. The van der Waals surface area contributed by atoms with Crippen molar-refractivity contribution >= 4 is 17.5 Å². The van der Waals surface area contributed by atoms with Crippen LogP contribution < -0.4 is 10.2 Å². The van der Waals surface area contributed by atoms with Crippen molar-refractivity contribution in [1.82, 2.24) is 9.47 Å². The van der Waals surface area contributed by atoms with E-state index in [-0.39, 0.29) is 11.8 Å². The fraction of sp³-hybridized carbons (Fsp3) is 0.455. The monoisotopic (exact) mass is 383 g/mol. The third-order valence-electron chi connectivity index (χ3n) is 5.68. The molecule has 1 fully saturated rings. The van der Waals surface area contributed by atoms with Gasteiger partial charge in [-0.1, -0.05) is 0 Å². The Labute approximate surface area is 167 Å². The fourth-order valence-corrected chi connectivity index (χ4v) is 4.12. The van der Waals surface area contributed by atoms with Gasteiger partial charge in [0.1, 0.15) is 6.04 Å². The van der Waals surface area contributed by atoms with Gasteiger partial charge in [-0.15, -0.1) is 0 Å². The summed E-state index contributed by atoms with van der Waals surface area (Å²) in [5.41, 5.74) is 2.67. The first-order valence-corrected chi connectivity index (χ1v) is 10.2. The maximum absolute atomic E-state index is 12.6. The number of rotatable bonds is 7. The van der Waals surface area contributed by atoms with Gasteiger partial charge in [-0.05, 0) is 50.2 Å². The second-order valence-corrected chi connectivity index (χ2v) is 7.43. The molecule has 1 saturated heterocycles. The molecule has 2 atom stereocenters. The number of hydrogen-bond acceptors (Lipinski definition) is 2. The summed E-state index contributed by atoms with van der Waals surface area (Å²) < 4.78 is 2.15. The van der Waals surface area contributed by atoms with Crippen LogP contribution in [0.2, 0.25) is 0 Å². The first-order chi connectivity index (χ1) is 13.5. The Morgan fingerprint density at radius 2 is 1.89 bits per heavy atom. The highest BCUT2D eigenvalue weighted by atomic mass is 16.2. The predicted octanol–water partition coefficient (Wildman–Crippen LogP) is 1.87. The standard InChI is InChI=1S/C22H30N4O2/c1-4-25(5-2)22(28)17-10-12-18(13-11-17)23-21(27)16-26-15-7-9-20(26)19-8-6-14-24(19)3/h6,8,10-14,20H,4-5,7,9,15-16H2,1-3H3,(H,23,27)/p+1/t20-/m1/s1. The molecule has 0 saturated carbocycles. The zero-order valence-electron chi connectivity index (χ0n) is 17.1. The Kier molecular flexibility index (Phi) is 6.52. The molecule has 0 bridgehead atoms. The SMILES string of the molecule is CCN(CC)C(=O)c1ccc(NC(=O)C[NH+]2CCC[C@@H]2c2cccn2C)cc1. The van der Waals surface area contributed by atoms with Gasteiger partial charge in [0.25, 0.3) is 11.8 Å². The number of hydrogen-bond donors (Lipinski definition) is 2. The fourth-order valence-electron chi connectivity index (χ4n) is 4.12. The molecule has 6 heteroatoms. The van der Waals surface area contributed by atoms with E-state index in [0.717, 1.165) is 25.1 Å². The highest BCUT2D eigenvalue weighted by Gasteiger charge is 2.32. The predicted molar refractivity (Wildman–Crippen MR) is 110 cm³/mol. The summed E-state index contributed by atoms with van der Waals surface area (Å²) in [6.45, 7) is 6.79. The van der Waals surface area contributed by atoms with Gasteiger partial charge in [0, 0.05) is 50.4 Å². The minimum absolute atomic E-state index is 0.0129.